The molecule has 0 aliphatic carbocycles. The molecule has 1 aromatic carbocycles. The standard InChI is InChI=1S/C23H28FN5O/c1-16-20(8-9-23(30)25-10-13-28-11-3-4-12-28)17(2)29-22(26-16)15-21(27-29)18-6-5-7-19(24)14-18/h5-7,14-15H,3-4,8-13H2,1-2H3,(H,25,30). The van der Waals surface area contributed by atoms with Crippen LogP contribution in [-0.2, 0) is 11.2 Å². The third-order valence-electron chi connectivity index (χ3n) is 5.84. The first-order valence-corrected chi connectivity index (χ1v) is 10.6. The molecule has 1 amide bonds. The highest BCUT2D eigenvalue weighted by Gasteiger charge is 2.15. The number of nitrogens with one attached hydrogen (secondary N) is 1. The van der Waals surface area contributed by atoms with Gasteiger partial charge in [0.25, 0.3) is 0 Å². The van der Waals surface area contributed by atoms with Crippen molar-refractivity contribution >= 4 is 11.6 Å². The molecule has 3 aromatic rings. The predicted molar refractivity (Wildman–Crippen MR) is 115 cm³/mol. The number of rotatable bonds is 7. The number of hydrogen-bond acceptors (Lipinski definition) is 4. The van der Waals surface area contributed by atoms with Crippen molar-refractivity contribution < 1.29 is 9.18 Å². The second-order valence-electron chi connectivity index (χ2n) is 7.97. The maximum Gasteiger partial charge on any atom is 0.220 e. The van der Waals surface area contributed by atoms with Gasteiger partial charge in [0.1, 0.15) is 5.82 Å². The largest absolute Gasteiger partial charge is 0.355 e. The van der Waals surface area contributed by atoms with Crippen LogP contribution in [0.4, 0.5) is 4.39 Å². The van der Waals surface area contributed by atoms with E-state index in [-0.39, 0.29) is 11.7 Å². The van der Waals surface area contributed by atoms with E-state index >= 15 is 0 Å². The van der Waals surface area contributed by atoms with Gasteiger partial charge in [0.05, 0.1) is 5.69 Å². The van der Waals surface area contributed by atoms with Crippen LogP contribution in [-0.4, -0.2) is 51.6 Å². The number of amides is 1. The molecule has 2 aromatic heterocycles. The van der Waals surface area contributed by atoms with Crippen molar-refractivity contribution in [2.75, 3.05) is 26.2 Å². The Labute approximate surface area is 176 Å². The Bertz CT molecular complexity index is 1060. The number of benzene rings is 1. The van der Waals surface area contributed by atoms with Gasteiger partial charge in [-0.1, -0.05) is 12.1 Å². The second-order valence-corrected chi connectivity index (χ2v) is 7.97. The Morgan fingerprint density at radius 2 is 2.00 bits per heavy atom. The van der Waals surface area contributed by atoms with Crippen molar-refractivity contribution in [2.24, 2.45) is 0 Å². The minimum atomic E-state index is -0.290. The summed E-state index contributed by atoms with van der Waals surface area (Å²) in [6.45, 7) is 7.85. The summed E-state index contributed by atoms with van der Waals surface area (Å²) < 4.78 is 15.4. The molecule has 1 fully saturated rings. The fourth-order valence-electron chi connectivity index (χ4n) is 4.16. The molecular weight excluding hydrogens is 381 g/mol. The molecule has 30 heavy (non-hydrogen) atoms. The molecule has 0 atom stereocenters. The zero-order valence-corrected chi connectivity index (χ0v) is 17.6. The van der Waals surface area contributed by atoms with Gasteiger partial charge in [-0.05, 0) is 63.9 Å². The van der Waals surface area contributed by atoms with Crippen molar-refractivity contribution in [2.45, 2.75) is 39.5 Å². The van der Waals surface area contributed by atoms with Gasteiger partial charge < -0.3 is 10.2 Å². The molecule has 7 heteroatoms. The first kappa shape index (κ1) is 20.5. The Balaban J connectivity index is 1.44. The van der Waals surface area contributed by atoms with Crippen LogP contribution in [0.3, 0.4) is 0 Å². The van der Waals surface area contributed by atoms with Gasteiger partial charge >= 0.3 is 0 Å². The van der Waals surface area contributed by atoms with Crippen LogP contribution in [0, 0.1) is 19.7 Å². The van der Waals surface area contributed by atoms with Gasteiger partial charge in [-0.2, -0.15) is 5.10 Å². The highest BCUT2D eigenvalue weighted by Crippen LogP contribution is 2.23. The molecular formula is C23H28FN5O. The average molecular weight is 410 g/mol. The smallest absolute Gasteiger partial charge is 0.220 e. The van der Waals surface area contributed by atoms with E-state index < -0.39 is 0 Å². The third-order valence-corrected chi connectivity index (χ3v) is 5.84. The Morgan fingerprint density at radius 3 is 2.77 bits per heavy atom. The van der Waals surface area contributed by atoms with Crippen LogP contribution in [0.15, 0.2) is 30.3 Å². The number of carbonyl (C=O) groups excluding carboxylic acids is 1. The van der Waals surface area contributed by atoms with Crippen molar-refractivity contribution in [1.82, 2.24) is 24.8 Å². The SMILES string of the molecule is Cc1nc2cc(-c3cccc(F)c3)nn2c(C)c1CCC(=O)NCCN1CCCC1. The number of carbonyl (C=O) groups is 1. The molecule has 0 spiro atoms. The zero-order valence-electron chi connectivity index (χ0n) is 17.6. The Morgan fingerprint density at radius 1 is 1.20 bits per heavy atom. The van der Waals surface area contributed by atoms with Crippen LogP contribution in [0.5, 0.6) is 0 Å². The molecule has 6 nitrogen and oxygen atoms in total. The zero-order chi connectivity index (χ0) is 21.1. The normalized spacial score (nSPS) is 14.5. The lowest BCUT2D eigenvalue weighted by Crippen LogP contribution is -2.33. The molecule has 1 N–H and O–H groups in total. The number of fused-ring (bicyclic) bond motifs is 1. The molecule has 0 bridgehead atoms. The van der Waals surface area contributed by atoms with Crippen LogP contribution >= 0.6 is 0 Å². The number of aryl methyl sites for hydroxylation is 2. The Hall–Kier alpha value is -2.80. The van der Waals surface area contributed by atoms with Crippen LogP contribution in [0.1, 0.15) is 36.2 Å². The monoisotopic (exact) mass is 409 g/mol. The van der Waals surface area contributed by atoms with Crippen LogP contribution in [0.2, 0.25) is 0 Å². The van der Waals surface area contributed by atoms with E-state index in [1.165, 1.54) is 25.0 Å². The molecule has 0 unspecified atom stereocenters. The number of hydrogen-bond donors (Lipinski definition) is 1. The topological polar surface area (TPSA) is 62.5 Å². The Kier molecular flexibility index (Phi) is 6.08. The number of halogens is 1. The fourth-order valence-corrected chi connectivity index (χ4v) is 4.16. The van der Waals surface area contributed by atoms with E-state index in [1.807, 2.05) is 26.0 Å². The van der Waals surface area contributed by atoms with E-state index in [0.29, 0.717) is 25.1 Å². The summed E-state index contributed by atoms with van der Waals surface area (Å²) >= 11 is 0. The minimum Gasteiger partial charge on any atom is -0.355 e. The van der Waals surface area contributed by atoms with Crippen molar-refractivity contribution in [3.63, 3.8) is 0 Å². The summed E-state index contributed by atoms with van der Waals surface area (Å²) in [5.74, 6) is -0.226. The molecule has 4 rings (SSSR count). The van der Waals surface area contributed by atoms with Gasteiger partial charge in [-0.15, -0.1) is 0 Å². The van der Waals surface area contributed by atoms with E-state index in [4.69, 9.17) is 0 Å². The molecule has 1 aliphatic rings. The van der Waals surface area contributed by atoms with Gasteiger partial charge in [0.15, 0.2) is 5.65 Å². The summed E-state index contributed by atoms with van der Waals surface area (Å²) in [6, 6.07) is 8.26. The van der Waals surface area contributed by atoms with Gasteiger partial charge in [-0.25, -0.2) is 13.9 Å². The molecule has 1 saturated heterocycles. The highest BCUT2D eigenvalue weighted by atomic mass is 19.1. The quantitative estimate of drug-likeness (QED) is 0.650. The second kappa shape index (κ2) is 8.92. The molecule has 0 saturated carbocycles. The minimum absolute atomic E-state index is 0.0639. The van der Waals surface area contributed by atoms with E-state index in [1.54, 1.807) is 10.6 Å². The summed E-state index contributed by atoms with van der Waals surface area (Å²) in [6.07, 6.45) is 3.56. The maximum atomic E-state index is 13.6. The molecule has 0 radical (unpaired) electrons. The van der Waals surface area contributed by atoms with Crippen molar-refractivity contribution in [3.05, 3.63) is 53.1 Å². The molecule has 1 aliphatic heterocycles. The van der Waals surface area contributed by atoms with Crippen LogP contribution < -0.4 is 5.32 Å². The maximum absolute atomic E-state index is 13.6. The lowest BCUT2D eigenvalue weighted by Gasteiger charge is -2.15. The van der Waals surface area contributed by atoms with Crippen molar-refractivity contribution in [3.8, 4) is 11.3 Å². The average Bonchev–Trinajstić information content (AvgIpc) is 3.38. The fraction of sp³-hybridized carbons (Fsp3) is 0.435. The van der Waals surface area contributed by atoms with Crippen LogP contribution in [0.25, 0.3) is 16.9 Å². The number of nitrogens with zero attached hydrogens (tertiary/aromatic N) is 4. The number of aromatic nitrogens is 3. The van der Waals surface area contributed by atoms with E-state index in [9.17, 15) is 9.18 Å². The molecule has 158 valence electrons. The van der Waals surface area contributed by atoms with E-state index in [2.05, 4.69) is 20.3 Å². The lowest BCUT2D eigenvalue weighted by molar-refractivity contribution is -0.121. The first-order valence-electron chi connectivity index (χ1n) is 10.6. The first-order chi connectivity index (χ1) is 14.5. The lowest BCUT2D eigenvalue weighted by atomic mass is 10.1. The summed E-state index contributed by atoms with van der Waals surface area (Å²) in [5.41, 5.74) is 5.02. The summed E-state index contributed by atoms with van der Waals surface area (Å²) in [5, 5.41) is 7.66. The van der Waals surface area contributed by atoms with Gasteiger partial charge in [0.2, 0.25) is 5.91 Å². The highest BCUT2D eigenvalue weighted by molar-refractivity contribution is 5.76. The summed E-state index contributed by atoms with van der Waals surface area (Å²) in [4.78, 5) is 19.3. The van der Waals surface area contributed by atoms with Gasteiger partial charge in [-0.3, -0.25) is 4.79 Å². The summed E-state index contributed by atoms with van der Waals surface area (Å²) in [7, 11) is 0. The van der Waals surface area contributed by atoms with Gasteiger partial charge in [0, 0.05) is 42.5 Å². The number of likely N-dealkylation sites (tertiary alicyclic amines) is 1. The predicted octanol–water partition coefficient (Wildman–Crippen LogP) is 3.30. The molecule has 3 heterocycles. The van der Waals surface area contributed by atoms with E-state index in [0.717, 1.165) is 47.8 Å². The van der Waals surface area contributed by atoms with Crippen molar-refractivity contribution in [1.29, 1.82) is 0 Å². The third kappa shape index (κ3) is 4.51.